The van der Waals surface area contributed by atoms with Crippen molar-refractivity contribution >= 4 is 51.8 Å². The molecule has 0 atom stereocenters. The quantitative estimate of drug-likeness (QED) is 0.323. The molecule has 7 nitrogen and oxygen atoms in total. The van der Waals surface area contributed by atoms with E-state index in [2.05, 4.69) is 0 Å². The number of furan rings is 1. The first-order valence-corrected chi connectivity index (χ1v) is 9.09. The Morgan fingerprint density at radius 1 is 1.37 bits per heavy atom. The molecule has 1 aromatic heterocycles. The third-order valence-corrected chi connectivity index (χ3v) is 5.22. The van der Waals surface area contributed by atoms with Gasteiger partial charge in [-0.25, -0.2) is 0 Å². The van der Waals surface area contributed by atoms with E-state index in [0.717, 1.165) is 11.8 Å². The van der Waals surface area contributed by atoms with E-state index in [9.17, 15) is 19.7 Å². The summed E-state index contributed by atoms with van der Waals surface area (Å²) in [5.41, 5.74) is 1.14. The molecule has 1 aromatic carbocycles. The second-order valence-electron chi connectivity index (χ2n) is 5.93. The highest BCUT2D eigenvalue weighted by Crippen LogP contribution is 2.34. The van der Waals surface area contributed by atoms with Crippen molar-refractivity contribution in [2.45, 2.75) is 13.8 Å². The van der Waals surface area contributed by atoms with Crippen molar-refractivity contribution in [1.82, 2.24) is 4.90 Å². The highest BCUT2D eigenvalue weighted by atomic mass is 32.2. The fourth-order valence-electron chi connectivity index (χ4n) is 2.53. The number of nitro benzene ring substituents is 1. The van der Waals surface area contributed by atoms with Crippen LogP contribution in [0, 0.1) is 17.0 Å². The SMILES string of the molecule is CC(=O)CN1C(=O)/C(=C\c2ccc(-c3ccc(C)c([N+](=O)[O-])c3)o2)SC1=S. The van der Waals surface area contributed by atoms with Gasteiger partial charge in [-0.3, -0.25) is 24.6 Å². The third kappa shape index (κ3) is 3.99. The summed E-state index contributed by atoms with van der Waals surface area (Å²) in [6.45, 7) is 3.00. The average molecular weight is 402 g/mol. The van der Waals surface area contributed by atoms with E-state index in [1.165, 1.54) is 17.9 Å². The standard InChI is InChI=1S/C18H14N2O5S2/c1-10-3-4-12(7-14(10)20(23)24)15-6-5-13(25-15)8-16-17(22)19(9-11(2)21)18(26)27-16/h3-8H,9H2,1-2H3/b16-8+. The van der Waals surface area contributed by atoms with Crippen molar-refractivity contribution in [2.75, 3.05) is 6.54 Å². The molecule has 0 bridgehead atoms. The Labute approximate surface area is 164 Å². The summed E-state index contributed by atoms with van der Waals surface area (Å²) in [5, 5.41) is 11.1. The number of Topliss-reactive ketones (excluding diaryl/α,β-unsaturated/α-hetero) is 1. The Hall–Kier alpha value is -2.78. The van der Waals surface area contributed by atoms with Crippen molar-refractivity contribution in [3.8, 4) is 11.3 Å². The Balaban J connectivity index is 1.87. The number of nitrogens with zero attached hydrogens (tertiary/aromatic N) is 2. The smallest absolute Gasteiger partial charge is 0.273 e. The molecule has 9 heteroatoms. The lowest BCUT2D eigenvalue weighted by Gasteiger charge is -2.11. The molecular weight excluding hydrogens is 388 g/mol. The number of thioether (sulfide) groups is 1. The Kier molecular flexibility index (Phi) is 5.24. The van der Waals surface area contributed by atoms with Crippen molar-refractivity contribution in [3.05, 3.63) is 56.7 Å². The van der Waals surface area contributed by atoms with E-state index in [-0.39, 0.29) is 23.9 Å². The second kappa shape index (κ2) is 7.45. The number of ketones is 1. The predicted molar refractivity (Wildman–Crippen MR) is 106 cm³/mol. The summed E-state index contributed by atoms with van der Waals surface area (Å²) < 4.78 is 6.03. The summed E-state index contributed by atoms with van der Waals surface area (Å²) in [5.74, 6) is 0.359. The summed E-state index contributed by atoms with van der Waals surface area (Å²) in [7, 11) is 0. The third-order valence-electron chi connectivity index (χ3n) is 3.84. The van der Waals surface area contributed by atoms with Crippen LogP contribution in [0.3, 0.4) is 0 Å². The normalized spacial score (nSPS) is 15.6. The molecule has 0 N–H and O–H groups in total. The van der Waals surface area contributed by atoms with Gasteiger partial charge in [0.2, 0.25) is 0 Å². The molecule has 0 radical (unpaired) electrons. The number of aryl methyl sites for hydroxylation is 1. The Morgan fingerprint density at radius 2 is 2.11 bits per heavy atom. The molecule has 1 saturated heterocycles. The molecule has 0 spiro atoms. The van der Waals surface area contributed by atoms with Crippen LogP contribution in [-0.4, -0.2) is 32.4 Å². The van der Waals surface area contributed by atoms with Crippen LogP contribution in [0.4, 0.5) is 5.69 Å². The number of amides is 1. The second-order valence-corrected chi connectivity index (χ2v) is 7.61. The van der Waals surface area contributed by atoms with Crippen LogP contribution in [0.25, 0.3) is 17.4 Å². The maximum Gasteiger partial charge on any atom is 0.273 e. The zero-order chi connectivity index (χ0) is 19.7. The number of rotatable bonds is 5. The fourth-order valence-corrected chi connectivity index (χ4v) is 3.77. The molecule has 2 heterocycles. The van der Waals surface area contributed by atoms with Gasteiger partial charge in [0.05, 0.1) is 16.4 Å². The first kappa shape index (κ1) is 19.0. The molecule has 138 valence electrons. The number of benzene rings is 1. The van der Waals surface area contributed by atoms with Gasteiger partial charge >= 0.3 is 0 Å². The van der Waals surface area contributed by atoms with Crippen LogP contribution in [-0.2, 0) is 9.59 Å². The highest BCUT2D eigenvalue weighted by molar-refractivity contribution is 8.26. The first-order chi connectivity index (χ1) is 12.8. The van der Waals surface area contributed by atoms with Gasteiger partial charge in [0, 0.05) is 23.3 Å². The lowest BCUT2D eigenvalue weighted by molar-refractivity contribution is -0.385. The first-order valence-electron chi connectivity index (χ1n) is 7.86. The fraction of sp³-hybridized carbons (Fsp3) is 0.167. The van der Waals surface area contributed by atoms with Crippen LogP contribution < -0.4 is 0 Å². The van der Waals surface area contributed by atoms with E-state index in [4.69, 9.17) is 16.6 Å². The van der Waals surface area contributed by atoms with Crippen LogP contribution in [0.2, 0.25) is 0 Å². The maximum atomic E-state index is 12.4. The molecular formula is C18H14N2O5S2. The minimum absolute atomic E-state index is 0.00977. The minimum Gasteiger partial charge on any atom is -0.457 e. The average Bonchev–Trinajstić information content (AvgIpc) is 3.15. The molecule has 1 amide bonds. The molecule has 1 aliphatic heterocycles. The summed E-state index contributed by atoms with van der Waals surface area (Å²) in [6.07, 6.45) is 1.55. The summed E-state index contributed by atoms with van der Waals surface area (Å²) in [6, 6.07) is 8.18. The van der Waals surface area contributed by atoms with Gasteiger partial charge in [0.25, 0.3) is 11.6 Å². The van der Waals surface area contributed by atoms with Crippen LogP contribution >= 0.6 is 24.0 Å². The number of hydrogen-bond donors (Lipinski definition) is 0. The monoisotopic (exact) mass is 402 g/mol. The zero-order valence-electron chi connectivity index (χ0n) is 14.4. The topological polar surface area (TPSA) is 93.7 Å². The van der Waals surface area contributed by atoms with Gasteiger partial charge in [-0.15, -0.1) is 0 Å². The number of nitro groups is 1. The largest absolute Gasteiger partial charge is 0.457 e. The van der Waals surface area contributed by atoms with Gasteiger partial charge in [0.15, 0.2) is 0 Å². The number of carbonyl (C=O) groups is 2. The zero-order valence-corrected chi connectivity index (χ0v) is 16.1. The lowest BCUT2D eigenvalue weighted by Crippen LogP contribution is -2.32. The molecule has 0 aliphatic carbocycles. The van der Waals surface area contributed by atoms with E-state index >= 15 is 0 Å². The maximum absolute atomic E-state index is 12.4. The van der Waals surface area contributed by atoms with Crippen molar-refractivity contribution < 1.29 is 18.9 Å². The molecule has 0 saturated carbocycles. The summed E-state index contributed by atoms with van der Waals surface area (Å²) in [4.78, 5) is 35.9. The Morgan fingerprint density at radius 3 is 2.78 bits per heavy atom. The van der Waals surface area contributed by atoms with Gasteiger partial charge in [-0.1, -0.05) is 36.1 Å². The highest BCUT2D eigenvalue weighted by Gasteiger charge is 2.32. The van der Waals surface area contributed by atoms with Gasteiger partial charge in [0.1, 0.15) is 21.6 Å². The van der Waals surface area contributed by atoms with E-state index in [1.54, 1.807) is 37.3 Å². The molecule has 1 fully saturated rings. The number of carbonyl (C=O) groups excluding carboxylic acids is 2. The lowest BCUT2D eigenvalue weighted by atomic mass is 10.1. The number of thiocarbonyl (C=S) groups is 1. The minimum atomic E-state index is -0.441. The van der Waals surface area contributed by atoms with Gasteiger partial charge in [-0.2, -0.15) is 0 Å². The van der Waals surface area contributed by atoms with Crippen LogP contribution in [0.1, 0.15) is 18.2 Å². The van der Waals surface area contributed by atoms with Crippen molar-refractivity contribution in [3.63, 3.8) is 0 Å². The van der Waals surface area contributed by atoms with Gasteiger partial charge < -0.3 is 4.42 Å². The molecule has 27 heavy (non-hydrogen) atoms. The molecule has 0 unspecified atom stereocenters. The van der Waals surface area contributed by atoms with Crippen molar-refractivity contribution in [1.29, 1.82) is 0 Å². The van der Waals surface area contributed by atoms with Crippen LogP contribution in [0.5, 0.6) is 0 Å². The summed E-state index contributed by atoms with van der Waals surface area (Å²) >= 11 is 6.24. The molecule has 2 aromatic rings. The van der Waals surface area contributed by atoms with Gasteiger partial charge in [-0.05, 0) is 26.0 Å². The predicted octanol–water partition coefficient (Wildman–Crippen LogP) is 3.95. The molecule has 1 aliphatic rings. The van der Waals surface area contributed by atoms with Crippen LogP contribution in [0.15, 0.2) is 39.7 Å². The van der Waals surface area contributed by atoms with E-state index < -0.39 is 4.92 Å². The number of hydrogen-bond acceptors (Lipinski definition) is 7. The van der Waals surface area contributed by atoms with E-state index in [1.807, 2.05) is 0 Å². The van der Waals surface area contributed by atoms with Crippen molar-refractivity contribution in [2.24, 2.45) is 0 Å². The molecule has 3 rings (SSSR count). The Bertz CT molecular complexity index is 1010. The van der Waals surface area contributed by atoms with E-state index in [0.29, 0.717) is 31.9 Å².